The Bertz CT molecular complexity index is 1050. The Morgan fingerprint density at radius 1 is 1.22 bits per heavy atom. The lowest BCUT2D eigenvalue weighted by Gasteiger charge is -2.08. The number of hydrogen-bond acceptors (Lipinski definition) is 7. The summed E-state index contributed by atoms with van der Waals surface area (Å²) in [5.41, 5.74) is 2.21. The van der Waals surface area contributed by atoms with E-state index in [4.69, 9.17) is 0 Å². The number of thiophene rings is 1. The third kappa shape index (κ3) is 3.93. The van der Waals surface area contributed by atoms with Crippen LogP contribution in [-0.4, -0.2) is 37.6 Å². The van der Waals surface area contributed by atoms with Crippen molar-refractivity contribution >= 4 is 28.6 Å². The largest absolute Gasteiger partial charge is 0.352 e. The summed E-state index contributed by atoms with van der Waals surface area (Å²) >= 11 is 3.36. The van der Waals surface area contributed by atoms with Crippen LogP contribution in [0.1, 0.15) is 20.2 Å². The molecule has 27 heavy (non-hydrogen) atoms. The molecule has 0 aliphatic heterocycles. The number of tetrazole rings is 1. The Kier molecular flexibility index (Phi) is 5.03. The van der Waals surface area contributed by atoms with Crippen LogP contribution in [0.3, 0.4) is 0 Å². The first-order chi connectivity index (χ1) is 13.2. The minimum atomic E-state index is -0.145. The van der Waals surface area contributed by atoms with Crippen molar-refractivity contribution in [3.05, 3.63) is 63.6 Å². The number of thiazole rings is 1. The smallest absolute Gasteiger partial charge is 0.253 e. The lowest BCUT2D eigenvalue weighted by Crippen LogP contribution is -2.26. The fourth-order valence-corrected chi connectivity index (χ4v) is 4.31. The molecule has 0 saturated heterocycles. The number of benzene rings is 1. The first-order valence-electron chi connectivity index (χ1n) is 8.32. The molecule has 4 rings (SSSR count). The molecule has 0 bridgehead atoms. The van der Waals surface area contributed by atoms with Crippen LogP contribution in [0.2, 0.25) is 0 Å². The van der Waals surface area contributed by atoms with Gasteiger partial charge in [-0.15, -0.1) is 27.8 Å². The van der Waals surface area contributed by atoms with E-state index in [1.165, 1.54) is 15.9 Å². The van der Waals surface area contributed by atoms with Crippen molar-refractivity contribution in [2.75, 3.05) is 6.54 Å². The van der Waals surface area contributed by atoms with E-state index < -0.39 is 0 Å². The molecule has 7 nitrogen and oxygen atoms in total. The predicted molar refractivity (Wildman–Crippen MR) is 105 cm³/mol. The van der Waals surface area contributed by atoms with Gasteiger partial charge in [-0.05, 0) is 48.0 Å². The fourth-order valence-electron chi connectivity index (χ4n) is 2.66. The molecule has 1 aromatic carbocycles. The summed E-state index contributed by atoms with van der Waals surface area (Å²) in [5.74, 6) is -0.145. The van der Waals surface area contributed by atoms with Gasteiger partial charge in [-0.25, -0.2) is 4.98 Å². The lowest BCUT2D eigenvalue weighted by molar-refractivity contribution is 0.0954. The molecule has 4 aromatic rings. The molecule has 3 aromatic heterocycles. The quantitative estimate of drug-likeness (QED) is 0.541. The van der Waals surface area contributed by atoms with Gasteiger partial charge in [0.15, 0.2) is 0 Å². The van der Waals surface area contributed by atoms with Gasteiger partial charge < -0.3 is 5.32 Å². The van der Waals surface area contributed by atoms with Gasteiger partial charge in [0.05, 0.1) is 26.8 Å². The zero-order valence-electron chi connectivity index (χ0n) is 14.5. The number of carbonyl (C=O) groups is 1. The number of nitrogens with one attached hydrogen (secondary N) is 1. The molecule has 0 atom stereocenters. The number of aromatic nitrogens is 5. The summed E-state index contributed by atoms with van der Waals surface area (Å²) in [4.78, 5) is 19.5. The molecule has 0 fully saturated rings. The molecule has 0 aliphatic rings. The number of carbonyl (C=O) groups excluding carboxylic acids is 1. The molecule has 136 valence electrons. The second-order valence-corrected chi connectivity index (χ2v) is 8.03. The summed E-state index contributed by atoms with van der Waals surface area (Å²) in [6.45, 7) is 2.56. The third-order valence-electron chi connectivity index (χ3n) is 3.93. The van der Waals surface area contributed by atoms with Crippen molar-refractivity contribution in [2.24, 2.45) is 0 Å². The summed E-state index contributed by atoms with van der Waals surface area (Å²) in [5, 5.41) is 17.2. The molecule has 0 spiro atoms. The second-order valence-electron chi connectivity index (χ2n) is 5.80. The second kappa shape index (κ2) is 7.77. The zero-order chi connectivity index (χ0) is 18.6. The first-order valence-corrected chi connectivity index (χ1v) is 10.0. The van der Waals surface area contributed by atoms with Crippen LogP contribution in [0, 0.1) is 6.92 Å². The minimum absolute atomic E-state index is 0.145. The molecule has 1 N–H and O–H groups in total. The number of nitrogens with zero attached hydrogens (tertiary/aromatic N) is 5. The highest BCUT2D eigenvalue weighted by molar-refractivity contribution is 7.16. The average Bonchev–Trinajstić information content (AvgIpc) is 3.43. The van der Waals surface area contributed by atoms with Gasteiger partial charge in [-0.3, -0.25) is 4.79 Å². The van der Waals surface area contributed by atoms with E-state index in [9.17, 15) is 4.79 Å². The number of para-hydroxylation sites is 1. The van der Waals surface area contributed by atoms with E-state index in [-0.39, 0.29) is 5.91 Å². The molecule has 0 unspecified atom stereocenters. The first kappa shape index (κ1) is 17.5. The number of amides is 1. The van der Waals surface area contributed by atoms with Crippen LogP contribution in [-0.2, 0) is 6.42 Å². The third-order valence-corrected chi connectivity index (χ3v) is 5.88. The average molecular weight is 397 g/mol. The predicted octanol–water partition coefficient (Wildman–Crippen LogP) is 3.13. The lowest BCUT2D eigenvalue weighted by atomic mass is 10.1. The highest BCUT2D eigenvalue weighted by atomic mass is 32.1. The van der Waals surface area contributed by atoms with Gasteiger partial charge in [-0.2, -0.15) is 4.68 Å². The normalized spacial score (nSPS) is 10.9. The SMILES string of the molecule is Cc1nc(-c2ccc(CCNC(=O)c3ccccc3-n3cnnn3)s2)cs1. The van der Waals surface area contributed by atoms with Gasteiger partial charge in [0.1, 0.15) is 6.33 Å². The van der Waals surface area contributed by atoms with E-state index in [0.29, 0.717) is 17.8 Å². The summed E-state index contributed by atoms with van der Waals surface area (Å²) in [6, 6.07) is 11.4. The summed E-state index contributed by atoms with van der Waals surface area (Å²) < 4.78 is 1.48. The molecular weight excluding hydrogens is 380 g/mol. The van der Waals surface area contributed by atoms with Crippen LogP contribution in [0.15, 0.2) is 48.1 Å². The molecule has 0 saturated carbocycles. The van der Waals surface area contributed by atoms with Crippen molar-refractivity contribution in [3.8, 4) is 16.3 Å². The molecule has 9 heteroatoms. The van der Waals surface area contributed by atoms with Crippen molar-refractivity contribution in [3.63, 3.8) is 0 Å². The monoisotopic (exact) mass is 396 g/mol. The van der Waals surface area contributed by atoms with Gasteiger partial charge in [0.2, 0.25) is 0 Å². The van der Waals surface area contributed by atoms with Crippen LogP contribution in [0.25, 0.3) is 16.3 Å². The highest BCUT2D eigenvalue weighted by Gasteiger charge is 2.13. The van der Waals surface area contributed by atoms with E-state index in [0.717, 1.165) is 22.0 Å². The Morgan fingerprint density at radius 2 is 2.11 bits per heavy atom. The number of rotatable bonds is 6. The van der Waals surface area contributed by atoms with Crippen LogP contribution < -0.4 is 5.32 Å². The Labute approximate surface area is 163 Å². The Balaban J connectivity index is 1.39. The van der Waals surface area contributed by atoms with Crippen LogP contribution in [0.4, 0.5) is 0 Å². The van der Waals surface area contributed by atoms with Gasteiger partial charge in [-0.1, -0.05) is 12.1 Å². The topological polar surface area (TPSA) is 85.6 Å². The van der Waals surface area contributed by atoms with Gasteiger partial charge in [0.25, 0.3) is 5.91 Å². The van der Waals surface area contributed by atoms with Crippen molar-refractivity contribution in [1.82, 2.24) is 30.5 Å². The van der Waals surface area contributed by atoms with Crippen LogP contribution in [0.5, 0.6) is 0 Å². The number of hydrogen-bond donors (Lipinski definition) is 1. The maximum Gasteiger partial charge on any atom is 0.253 e. The van der Waals surface area contributed by atoms with Crippen molar-refractivity contribution < 1.29 is 4.79 Å². The highest BCUT2D eigenvalue weighted by Crippen LogP contribution is 2.29. The zero-order valence-corrected chi connectivity index (χ0v) is 16.1. The minimum Gasteiger partial charge on any atom is -0.352 e. The van der Waals surface area contributed by atoms with E-state index >= 15 is 0 Å². The Morgan fingerprint density at radius 3 is 2.89 bits per heavy atom. The van der Waals surface area contributed by atoms with Crippen molar-refractivity contribution in [1.29, 1.82) is 0 Å². The van der Waals surface area contributed by atoms with E-state index in [1.807, 2.05) is 25.1 Å². The molecular formula is C18H16N6OS2. The summed E-state index contributed by atoms with van der Waals surface area (Å²) in [7, 11) is 0. The Hall–Kier alpha value is -2.91. The standard InChI is InChI=1S/C18H16N6OS2/c1-12-21-15(10-26-12)17-7-6-13(27-17)8-9-19-18(25)14-4-2-3-5-16(14)24-11-20-22-23-24/h2-7,10-11H,8-9H2,1H3,(H,19,25). The molecule has 0 radical (unpaired) electrons. The fraction of sp³-hybridized carbons (Fsp3) is 0.167. The van der Waals surface area contributed by atoms with Crippen molar-refractivity contribution in [2.45, 2.75) is 13.3 Å². The molecule has 0 aliphatic carbocycles. The molecule has 1 amide bonds. The maximum atomic E-state index is 12.6. The van der Waals surface area contributed by atoms with Crippen LogP contribution >= 0.6 is 22.7 Å². The van der Waals surface area contributed by atoms with E-state index in [1.54, 1.807) is 28.7 Å². The van der Waals surface area contributed by atoms with Gasteiger partial charge in [0, 0.05) is 16.8 Å². The van der Waals surface area contributed by atoms with Gasteiger partial charge >= 0.3 is 0 Å². The van der Waals surface area contributed by atoms with E-state index in [2.05, 4.69) is 43.3 Å². The molecule has 3 heterocycles. The number of aryl methyl sites for hydroxylation is 1. The maximum absolute atomic E-state index is 12.6. The summed E-state index contributed by atoms with van der Waals surface area (Å²) in [6.07, 6.45) is 2.24.